The van der Waals surface area contributed by atoms with Crippen LogP contribution in [0.15, 0.2) is 106 Å². The number of hydrogen-bond donors (Lipinski definition) is 0. The number of thioether (sulfide) groups is 2. The molecule has 3 rings (SSSR count). The maximum absolute atomic E-state index is 12.8. The van der Waals surface area contributed by atoms with Gasteiger partial charge in [0.1, 0.15) is 0 Å². The van der Waals surface area contributed by atoms with Gasteiger partial charge in [-0.2, -0.15) is 0 Å². The monoisotopic (exact) mass is 362 g/mol. The summed E-state index contributed by atoms with van der Waals surface area (Å²) < 4.78 is 0. The minimum Gasteiger partial charge on any atom is -0.282 e. The molecule has 0 heterocycles. The minimum atomic E-state index is 0.0958. The third-order valence-corrected chi connectivity index (χ3v) is 5.51. The van der Waals surface area contributed by atoms with Crippen molar-refractivity contribution in [2.75, 3.05) is 5.75 Å². The van der Waals surface area contributed by atoms with Crippen molar-refractivity contribution < 1.29 is 4.79 Å². The van der Waals surface area contributed by atoms with E-state index in [1.807, 2.05) is 84.9 Å². The van der Waals surface area contributed by atoms with Crippen LogP contribution < -0.4 is 0 Å². The Hall–Kier alpha value is -2.23. The van der Waals surface area contributed by atoms with Crippen molar-refractivity contribution in [1.82, 2.24) is 0 Å². The highest BCUT2D eigenvalue weighted by atomic mass is 32.2. The second-order valence-corrected chi connectivity index (χ2v) is 7.48. The Bertz CT molecular complexity index is 828. The van der Waals surface area contributed by atoms with Crippen LogP contribution in [0.25, 0.3) is 6.08 Å². The Morgan fingerprint density at radius 3 is 1.84 bits per heavy atom. The third-order valence-electron chi connectivity index (χ3n) is 3.49. The van der Waals surface area contributed by atoms with E-state index in [0.717, 1.165) is 16.0 Å². The summed E-state index contributed by atoms with van der Waals surface area (Å²) in [5.74, 6) is 0.650. The summed E-state index contributed by atoms with van der Waals surface area (Å²) >= 11 is 2.97. The molecule has 0 fully saturated rings. The second kappa shape index (κ2) is 9.30. The SMILES string of the molecule is O=C(Sc1ccccc1)/C(=C\c1ccccc1)CSc1ccccc1. The lowest BCUT2D eigenvalue weighted by Crippen LogP contribution is -2.00. The molecular weight excluding hydrogens is 344 g/mol. The largest absolute Gasteiger partial charge is 0.282 e. The van der Waals surface area contributed by atoms with Gasteiger partial charge in [-0.3, -0.25) is 4.79 Å². The first-order valence-corrected chi connectivity index (χ1v) is 9.82. The van der Waals surface area contributed by atoms with Crippen LogP contribution in [0.3, 0.4) is 0 Å². The number of rotatable bonds is 6. The van der Waals surface area contributed by atoms with Crippen LogP contribution >= 0.6 is 23.5 Å². The molecular formula is C22H18OS2. The first-order chi connectivity index (χ1) is 12.3. The van der Waals surface area contributed by atoms with Crippen LogP contribution in [-0.2, 0) is 4.79 Å². The fraction of sp³-hybridized carbons (Fsp3) is 0.0455. The second-order valence-electron chi connectivity index (χ2n) is 5.38. The molecule has 0 radical (unpaired) electrons. The predicted molar refractivity (Wildman–Crippen MR) is 109 cm³/mol. The molecule has 3 aromatic carbocycles. The van der Waals surface area contributed by atoms with Crippen molar-refractivity contribution in [1.29, 1.82) is 0 Å². The van der Waals surface area contributed by atoms with Gasteiger partial charge in [0.2, 0.25) is 5.12 Å². The lowest BCUT2D eigenvalue weighted by atomic mass is 10.1. The highest BCUT2D eigenvalue weighted by molar-refractivity contribution is 8.14. The van der Waals surface area contributed by atoms with Gasteiger partial charge in [-0.15, -0.1) is 11.8 Å². The Morgan fingerprint density at radius 1 is 0.720 bits per heavy atom. The first-order valence-electron chi connectivity index (χ1n) is 8.02. The van der Waals surface area contributed by atoms with E-state index < -0.39 is 0 Å². The van der Waals surface area contributed by atoms with Crippen LogP contribution in [0.2, 0.25) is 0 Å². The van der Waals surface area contributed by atoms with Gasteiger partial charge in [0.25, 0.3) is 0 Å². The molecule has 25 heavy (non-hydrogen) atoms. The standard InChI is InChI=1S/C22H18OS2/c23-22(25-21-14-8-3-9-15-21)19(16-18-10-4-1-5-11-18)17-24-20-12-6-2-7-13-20/h1-16H,17H2/b19-16-. The Morgan fingerprint density at radius 2 is 1.24 bits per heavy atom. The zero-order valence-electron chi connectivity index (χ0n) is 13.7. The molecule has 0 atom stereocenters. The summed E-state index contributed by atoms with van der Waals surface area (Å²) in [6, 6.07) is 30.0. The van der Waals surface area contributed by atoms with E-state index in [0.29, 0.717) is 5.75 Å². The zero-order valence-corrected chi connectivity index (χ0v) is 15.3. The summed E-state index contributed by atoms with van der Waals surface area (Å²) in [5.41, 5.74) is 1.86. The lowest BCUT2D eigenvalue weighted by Gasteiger charge is -2.07. The molecule has 0 aliphatic heterocycles. The van der Waals surface area contributed by atoms with Crippen molar-refractivity contribution in [3.05, 3.63) is 102 Å². The fourth-order valence-corrected chi connectivity index (χ4v) is 4.00. The molecule has 0 aromatic heterocycles. The van der Waals surface area contributed by atoms with E-state index in [-0.39, 0.29) is 5.12 Å². The Labute approximate surface area is 157 Å². The molecule has 0 aliphatic rings. The topological polar surface area (TPSA) is 17.1 Å². The molecule has 0 N–H and O–H groups in total. The summed E-state index contributed by atoms with van der Waals surface area (Å²) in [7, 11) is 0. The van der Waals surface area contributed by atoms with E-state index in [9.17, 15) is 4.79 Å². The van der Waals surface area contributed by atoms with E-state index >= 15 is 0 Å². The third kappa shape index (κ3) is 5.66. The van der Waals surface area contributed by atoms with Gasteiger partial charge in [-0.1, -0.05) is 66.7 Å². The van der Waals surface area contributed by atoms with E-state index in [2.05, 4.69) is 12.1 Å². The quantitative estimate of drug-likeness (QED) is 0.385. The highest BCUT2D eigenvalue weighted by Gasteiger charge is 2.12. The molecule has 124 valence electrons. The van der Waals surface area contributed by atoms with Gasteiger partial charge in [0, 0.05) is 21.1 Å². The molecule has 1 nitrogen and oxygen atoms in total. The smallest absolute Gasteiger partial charge is 0.220 e. The summed E-state index contributed by atoms with van der Waals surface area (Å²) in [5, 5.41) is 0.0958. The average Bonchev–Trinajstić information content (AvgIpc) is 2.67. The zero-order chi connectivity index (χ0) is 17.3. The number of benzene rings is 3. The van der Waals surface area contributed by atoms with Crippen LogP contribution in [0, 0.1) is 0 Å². The van der Waals surface area contributed by atoms with E-state index in [4.69, 9.17) is 0 Å². The number of carbonyl (C=O) groups excluding carboxylic acids is 1. The normalized spacial score (nSPS) is 11.3. The Balaban J connectivity index is 1.78. The number of hydrogen-bond acceptors (Lipinski definition) is 3. The van der Waals surface area contributed by atoms with Crippen LogP contribution in [0.5, 0.6) is 0 Å². The lowest BCUT2D eigenvalue weighted by molar-refractivity contribution is -0.107. The molecule has 0 bridgehead atoms. The summed E-state index contributed by atoms with van der Waals surface area (Å²) in [4.78, 5) is 15.0. The van der Waals surface area contributed by atoms with Crippen LogP contribution in [0.4, 0.5) is 0 Å². The van der Waals surface area contributed by atoms with Gasteiger partial charge in [-0.25, -0.2) is 0 Å². The molecule has 0 saturated heterocycles. The molecule has 0 saturated carbocycles. The maximum Gasteiger partial charge on any atom is 0.220 e. The highest BCUT2D eigenvalue weighted by Crippen LogP contribution is 2.27. The summed E-state index contributed by atoms with van der Waals surface area (Å²) in [6.45, 7) is 0. The first kappa shape index (κ1) is 17.6. The van der Waals surface area contributed by atoms with E-state index in [1.54, 1.807) is 11.8 Å². The van der Waals surface area contributed by atoms with Crippen molar-refractivity contribution in [3.8, 4) is 0 Å². The van der Waals surface area contributed by atoms with Gasteiger partial charge in [-0.05, 0) is 47.7 Å². The average molecular weight is 363 g/mol. The number of carbonyl (C=O) groups is 1. The van der Waals surface area contributed by atoms with Gasteiger partial charge < -0.3 is 0 Å². The van der Waals surface area contributed by atoms with Crippen LogP contribution in [-0.4, -0.2) is 10.9 Å². The van der Waals surface area contributed by atoms with Gasteiger partial charge in [0.15, 0.2) is 0 Å². The molecule has 3 aromatic rings. The molecule has 3 heteroatoms. The molecule has 0 spiro atoms. The fourth-order valence-electron chi connectivity index (χ4n) is 2.25. The minimum absolute atomic E-state index is 0.0958. The van der Waals surface area contributed by atoms with Crippen molar-refractivity contribution in [2.45, 2.75) is 9.79 Å². The van der Waals surface area contributed by atoms with Crippen molar-refractivity contribution in [2.24, 2.45) is 0 Å². The van der Waals surface area contributed by atoms with Crippen molar-refractivity contribution >= 4 is 34.7 Å². The molecule has 0 amide bonds. The molecule has 0 aliphatic carbocycles. The van der Waals surface area contributed by atoms with Crippen molar-refractivity contribution in [3.63, 3.8) is 0 Å². The summed E-state index contributed by atoms with van der Waals surface area (Å²) in [6.07, 6.45) is 1.99. The van der Waals surface area contributed by atoms with Gasteiger partial charge in [0.05, 0.1) is 0 Å². The van der Waals surface area contributed by atoms with Gasteiger partial charge >= 0.3 is 0 Å². The molecule has 0 unspecified atom stereocenters. The maximum atomic E-state index is 12.8. The van der Waals surface area contributed by atoms with E-state index in [1.165, 1.54) is 16.7 Å². The Kier molecular flexibility index (Phi) is 6.55. The predicted octanol–water partition coefficient (Wildman–Crippen LogP) is 6.18. The van der Waals surface area contributed by atoms with Crippen LogP contribution in [0.1, 0.15) is 5.56 Å².